The second-order valence-electron chi connectivity index (χ2n) is 9.91. The molecule has 1 aromatic carbocycles. The minimum Gasteiger partial charge on any atom is -0.507 e. The number of amides is 2. The molecule has 2 aliphatic heterocycles. The SMILES string of the molecule is Cc1cc([C@@H]2C[C@@H]3C(=C(CO)C[C@@H]4C(=O)N(CCCCCC(=O)O)C(=O)[C@@H]43)B(O)O2)cc(C)c1O. The Kier molecular flexibility index (Phi) is 7.35. The molecule has 0 bridgehead atoms. The summed E-state index contributed by atoms with van der Waals surface area (Å²) in [6.07, 6.45) is 1.70. The molecule has 9 nitrogen and oxygen atoms in total. The van der Waals surface area contributed by atoms with Crippen LogP contribution < -0.4 is 0 Å². The van der Waals surface area contributed by atoms with Crippen LogP contribution in [-0.4, -0.2) is 63.3 Å². The Labute approximate surface area is 204 Å². The molecule has 2 saturated heterocycles. The number of aliphatic hydroxyl groups is 1. The monoisotopic (exact) mass is 485 g/mol. The summed E-state index contributed by atoms with van der Waals surface area (Å²) in [7, 11) is -1.30. The molecule has 1 aliphatic carbocycles. The lowest BCUT2D eigenvalue weighted by atomic mass is 9.55. The Morgan fingerprint density at radius 1 is 1.11 bits per heavy atom. The number of aromatic hydroxyl groups is 1. The first-order chi connectivity index (χ1) is 16.6. The maximum atomic E-state index is 13.4. The van der Waals surface area contributed by atoms with Crippen LogP contribution in [0.2, 0.25) is 0 Å². The summed E-state index contributed by atoms with van der Waals surface area (Å²) in [5.41, 5.74) is 3.18. The number of benzene rings is 1. The lowest BCUT2D eigenvalue weighted by Gasteiger charge is -2.42. The number of carbonyl (C=O) groups excluding carboxylic acids is 2. The van der Waals surface area contributed by atoms with Gasteiger partial charge < -0.3 is 25.0 Å². The molecule has 188 valence electrons. The van der Waals surface area contributed by atoms with E-state index in [0.717, 1.165) is 5.56 Å². The number of carboxylic acids is 1. The molecule has 35 heavy (non-hydrogen) atoms. The summed E-state index contributed by atoms with van der Waals surface area (Å²) < 4.78 is 5.92. The fourth-order valence-corrected chi connectivity index (χ4v) is 5.96. The zero-order valence-corrected chi connectivity index (χ0v) is 20.1. The molecule has 3 aliphatic rings. The van der Waals surface area contributed by atoms with Gasteiger partial charge in [-0.25, -0.2) is 0 Å². The van der Waals surface area contributed by atoms with Crippen LogP contribution in [-0.2, 0) is 19.0 Å². The first kappa shape index (κ1) is 25.4. The molecule has 0 unspecified atom stereocenters. The van der Waals surface area contributed by atoms with Crippen molar-refractivity contribution in [2.45, 2.75) is 58.5 Å². The standard InChI is InChI=1S/C25H32BNO8/c1-13-8-15(9-14(2)23(13)31)19-11-17-21-18(10-16(12-28)22(17)26(34)35-19)24(32)27(25(21)33)7-5-3-4-6-20(29)30/h8-9,17-19,21,28,31,34H,3-7,10-12H2,1-2H3,(H,29,30)/t17-,18-,19-,21+/m0/s1. The minimum absolute atomic E-state index is 0.0534. The van der Waals surface area contributed by atoms with Crippen molar-refractivity contribution in [1.29, 1.82) is 0 Å². The van der Waals surface area contributed by atoms with Crippen molar-refractivity contribution in [2.75, 3.05) is 13.2 Å². The smallest absolute Gasteiger partial charge is 0.487 e. The maximum Gasteiger partial charge on any atom is 0.487 e. The van der Waals surface area contributed by atoms with Crippen molar-refractivity contribution >= 4 is 24.9 Å². The van der Waals surface area contributed by atoms with Crippen LogP contribution >= 0.6 is 0 Å². The highest BCUT2D eigenvalue weighted by atomic mass is 16.5. The highest BCUT2D eigenvalue weighted by molar-refractivity contribution is 6.53. The van der Waals surface area contributed by atoms with Gasteiger partial charge >= 0.3 is 13.1 Å². The molecule has 4 atom stereocenters. The van der Waals surface area contributed by atoms with Gasteiger partial charge in [-0.15, -0.1) is 0 Å². The summed E-state index contributed by atoms with van der Waals surface area (Å²) in [4.78, 5) is 38.6. The van der Waals surface area contributed by atoms with E-state index >= 15 is 0 Å². The van der Waals surface area contributed by atoms with Crippen LogP contribution in [0.5, 0.6) is 5.75 Å². The number of fused-ring (bicyclic) bond motifs is 3. The topological polar surface area (TPSA) is 145 Å². The zero-order chi connectivity index (χ0) is 25.4. The zero-order valence-electron chi connectivity index (χ0n) is 20.1. The Balaban J connectivity index is 1.58. The number of imide groups is 1. The molecule has 10 heteroatoms. The summed E-state index contributed by atoms with van der Waals surface area (Å²) in [5.74, 6) is -2.89. The number of carboxylic acid groups (broad SMARTS) is 1. The van der Waals surface area contributed by atoms with Gasteiger partial charge in [0.2, 0.25) is 11.8 Å². The highest BCUT2D eigenvalue weighted by Gasteiger charge is 2.57. The summed E-state index contributed by atoms with van der Waals surface area (Å²) >= 11 is 0. The van der Waals surface area contributed by atoms with Crippen LogP contribution in [0.25, 0.3) is 0 Å². The molecular formula is C25H32BNO8. The van der Waals surface area contributed by atoms with E-state index in [1.165, 1.54) is 4.90 Å². The summed E-state index contributed by atoms with van der Waals surface area (Å²) in [5, 5.41) is 39.9. The number of hydrogen-bond donors (Lipinski definition) is 4. The number of aliphatic hydroxyl groups excluding tert-OH is 1. The van der Waals surface area contributed by atoms with Crippen LogP contribution in [0.1, 0.15) is 61.3 Å². The van der Waals surface area contributed by atoms with Gasteiger partial charge in [-0.1, -0.05) is 6.42 Å². The molecule has 0 spiro atoms. The van der Waals surface area contributed by atoms with Crippen molar-refractivity contribution in [3.05, 3.63) is 39.9 Å². The molecular weight excluding hydrogens is 453 g/mol. The first-order valence-corrected chi connectivity index (χ1v) is 12.2. The van der Waals surface area contributed by atoms with Gasteiger partial charge in [-0.2, -0.15) is 0 Å². The fraction of sp³-hybridized carbons (Fsp3) is 0.560. The third-order valence-corrected chi connectivity index (χ3v) is 7.65. The molecule has 1 aromatic rings. The van der Waals surface area contributed by atoms with E-state index in [2.05, 4.69) is 0 Å². The molecule has 2 fully saturated rings. The van der Waals surface area contributed by atoms with Crippen LogP contribution in [0.15, 0.2) is 23.2 Å². The summed E-state index contributed by atoms with van der Waals surface area (Å²) in [6.45, 7) is 3.47. The van der Waals surface area contributed by atoms with Crippen molar-refractivity contribution in [3.8, 4) is 5.75 Å². The third kappa shape index (κ3) is 4.74. The van der Waals surface area contributed by atoms with E-state index in [1.807, 2.05) is 0 Å². The second kappa shape index (κ2) is 10.1. The quantitative estimate of drug-likeness (QED) is 0.249. The highest BCUT2D eigenvalue weighted by Crippen LogP contribution is 2.51. The number of phenols is 1. The van der Waals surface area contributed by atoms with Crippen LogP contribution in [0.4, 0.5) is 0 Å². The Bertz CT molecular complexity index is 1050. The van der Waals surface area contributed by atoms with Gasteiger partial charge in [-0.05, 0) is 85.3 Å². The predicted molar refractivity (Wildman–Crippen MR) is 126 cm³/mol. The van der Waals surface area contributed by atoms with E-state index in [9.17, 15) is 29.6 Å². The van der Waals surface area contributed by atoms with Gasteiger partial charge in [0.15, 0.2) is 0 Å². The molecule has 2 heterocycles. The van der Waals surface area contributed by atoms with Crippen LogP contribution in [0, 0.1) is 31.6 Å². The Morgan fingerprint density at radius 3 is 2.43 bits per heavy atom. The average Bonchev–Trinajstić information content (AvgIpc) is 3.05. The second-order valence-corrected chi connectivity index (χ2v) is 9.91. The van der Waals surface area contributed by atoms with E-state index in [0.29, 0.717) is 47.9 Å². The number of allylic oxidation sites excluding steroid dienone is 1. The van der Waals surface area contributed by atoms with E-state index in [-0.39, 0.29) is 43.6 Å². The maximum absolute atomic E-state index is 13.4. The number of aryl methyl sites for hydroxylation is 2. The Morgan fingerprint density at radius 2 is 1.80 bits per heavy atom. The molecule has 4 N–H and O–H groups in total. The van der Waals surface area contributed by atoms with Gasteiger partial charge in [0, 0.05) is 13.0 Å². The molecule has 0 aromatic heterocycles. The Hall–Kier alpha value is -2.69. The van der Waals surface area contributed by atoms with Crippen molar-refractivity contribution in [3.63, 3.8) is 0 Å². The van der Waals surface area contributed by atoms with Crippen molar-refractivity contribution < 1.29 is 39.4 Å². The van der Waals surface area contributed by atoms with Gasteiger partial charge in [0.25, 0.3) is 0 Å². The van der Waals surface area contributed by atoms with E-state index in [4.69, 9.17) is 9.76 Å². The van der Waals surface area contributed by atoms with Gasteiger partial charge in [0.1, 0.15) is 5.75 Å². The number of phenolic OH excluding ortho intramolecular Hbond substituents is 1. The molecule has 2 amide bonds. The van der Waals surface area contributed by atoms with E-state index in [1.54, 1.807) is 26.0 Å². The van der Waals surface area contributed by atoms with Crippen molar-refractivity contribution in [2.24, 2.45) is 17.8 Å². The number of nitrogens with zero attached hydrogens (tertiary/aromatic N) is 1. The number of rotatable bonds is 8. The molecule has 0 radical (unpaired) electrons. The minimum atomic E-state index is -1.30. The van der Waals surface area contributed by atoms with E-state index < -0.39 is 36.9 Å². The first-order valence-electron chi connectivity index (χ1n) is 12.2. The lowest BCUT2D eigenvalue weighted by Crippen LogP contribution is -2.45. The van der Waals surface area contributed by atoms with Crippen molar-refractivity contribution in [1.82, 2.24) is 4.90 Å². The number of likely N-dealkylation sites (tertiary alicyclic amines) is 1. The predicted octanol–water partition coefficient (Wildman–Crippen LogP) is 2.05. The number of carbonyl (C=O) groups is 3. The van der Waals surface area contributed by atoms with Gasteiger partial charge in [-0.3, -0.25) is 19.3 Å². The lowest BCUT2D eigenvalue weighted by molar-refractivity contribution is -0.141. The normalized spacial score (nSPS) is 26.3. The average molecular weight is 485 g/mol. The fourth-order valence-electron chi connectivity index (χ4n) is 5.96. The largest absolute Gasteiger partial charge is 0.507 e. The number of aliphatic carboxylic acids is 1. The third-order valence-electron chi connectivity index (χ3n) is 7.65. The van der Waals surface area contributed by atoms with Gasteiger partial charge in [0.05, 0.1) is 24.5 Å². The number of unbranched alkanes of at least 4 members (excludes halogenated alkanes) is 2. The molecule has 4 rings (SSSR count). The molecule has 0 saturated carbocycles. The summed E-state index contributed by atoms with van der Waals surface area (Å²) in [6, 6.07) is 3.60. The van der Waals surface area contributed by atoms with Crippen LogP contribution in [0.3, 0.4) is 0 Å². The number of hydrogen-bond acceptors (Lipinski definition) is 7.